The number of hydrogen-bond acceptors (Lipinski definition) is 2. The first-order valence-electron chi connectivity index (χ1n) is 5.04. The van der Waals surface area contributed by atoms with Gasteiger partial charge in [-0.05, 0) is 32.4 Å². The molecule has 1 unspecified atom stereocenters. The lowest BCUT2D eigenvalue weighted by atomic mass is 10.1. The van der Waals surface area contributed by atoms with Gasteiger partial charge in [-0.1, -0.05) is 13.3 Å². The maximum Gasteiger partial charge on any atom is 0.205 e. The molecule has 0 aliphatic heterocycles. The van der Waals surface area contributed by atoms with Crippen LogP contribution in [-0.2, 0) is 4.43 Å². The van der Waals surface area contributed by atoms with Crippen LogP contribution in [-0.4, -0.2) is 15.1 Å². The molecule has 0 saturated carbocycles. The average Bonchev–Trinajstić information content (AvgIpc) is 2.04. The van der Waals surface area contributed by atoms with Gasteiger partial charge in [-0.15, -0.1) is 0 Å². The third kappa shape index (κ3) is 8.01. The van der Waals surface area contributed by atoms with Crippen LogP contribution in [0.1, 0.15) is 39.0 Å². The van der Waals surface area contributed by atoms with Gasteiger partial charge in [-0.3, -0.25) is 0 Å². The number of rotatable bonds is 7. The van der Waals surface area contributed by atoms with Crippen molar-refractivity contribution < 1.29 is 4.43 Å². The first-order chi connectivity index (χ1) is 6.20. The second-order valence-corrected chi connectivity index (χ2v) is 5.54. The first-order valence-corrected chi connectivity index (χ1v) is 7.45. The molecule has 0 bridgehead atoms. The van der Waals surface area contributed by atoms with Gasteiger partial charge in [0.05, 0.1) is 6.07 Å². The lowest BCUT2D eigenvalue weighted by Gasteiger charge is -2.18. The predicted molar refractivity (Wildman–Crippen MR) is 56.7 cm³/mol. The van der Waals surface area contributed by atoms with E-state index in [1.165, 1.54) is 6.42 Å². The third-order valence-electron chi connectivity index (χ3n) is 1.83. The van der Waals surface area contributed by atoms with Crippen molar-refractivity contribution in [1.82, 2.24) is 0 Å². The van der Waals surface area contributed by atoms with Crippen molar-refractivity contribution in [2.24, 2.45) is 0 Å². The van der Waals surface area contributed by atoms with Crippen molar-refractivity contribution in [3.8, 4) is 6.07 Å². The molecule has 0 N–H and O–H groups in total. The molecular formula is C10H20NOSi. The highest BCUT2D eigenvalue weighted by molar-refractivity contribution is 6.48. The van der Waals surface area contributed by atoms with Crippen LogP contribution >= 0.6 is 0 Å². The van der Waals surface area contributed by atoms with E-state index in [1.54, 1.807) is 0 Å². The molecule has 2 nitrogen and oxygen atoms in total. The van der Waals surface area contributed by atoms with Crippen molar-refractivity contribution in [2.45, 2.75) is 58.2 Å². The van der Waals surface area contributed by atoms with E-state index in [4.69, 9.17) is 9.69 Å². The van der Waals surface area contributed by atoms with Crippen LogP contribution in [0.4, 0.5) is 0 Å². The molecule has 0 aromatic carbocycles. The molecule has 0 saturated heterocycles. The maximum atomic E-state index is 8.41. The molecule has 1 atom stereocenters. The Morgan fingerprint density at radius 2 is 2.08 bits per heavy atom. The second kappa shape index (κ2) is 8.27. The molecule has 1 radical (unpaired) electrons. The van der Waals surface area contributed by atoms with Crippen LogP contribution in [0.15, 0.2) is 0 Å². The summed E-state index contributed by atoms with van der Waals surface area (Å²) in [7, 11) is -0.575. The van der Waals surface area contributed by atoms with Crippen molar-refractivity contribution in [1.29, 1.82) is 5.26 Å². The molecule has 0 fully saturated rings. The average molecular weight is 198 g/mol. The summed E-state index contributed by atoms with van der Waals surface area (Å²) in [6.45, 7) is 6.51. The van der Waals surface area contributed by atoms with E-state index in [2.05, 4.69) is 26.1 Å². The highest BCUT2D eigenvalue weighted by Crippen LogP contribution is 2.11. The van der Waals surface area contributed by atoms with Crippen molar-refractivity contribution >= 4 is 9.04 Å². The van der Waals surface area contributed by atoms with E-state index < -0.39 is 9.04 Å². The Morgan fingerprint density at radius 3 is 2.54 bits per heavy atom. The van der Waals surface area contributed by atoms with E-state index in [0.717, 1.165) is 19.3 Å². The van der Waals surface area contributed by atoms with Gasteiger partial charge in [-0.25, -0.2) is 0 Å². The van der Waals surface area contributed by atoms with E-state index in [-0.39, 0.29) is 0 Å². The maximum absolute atomic E-state index is 8.41. The summed E-state index contributed by atoms with van der Waals surface area (Å²) in [5.74, 6) is 0. The van der Waals surface area contributed by atoms with Crippen molar-refractivity contribution in [3.05, 3.63) is 0 Å². The summed E-state index contributed by atoms with van der Waals surface area (Å²) in [6.07, 6.45) is 5.42. The lowest BCUT2D eigenvalue weighted by Crippen LogP contribution is -2.20. The molecule has 0 aromatic heterocycles. The van der Waals surface area contributed by atoms with Crippen LogP contribution < -0.4 is 0 Å². The van der Waals surface area contributed by atoms with Gasteiger partial charge in [0.25, 0.3) is 0 Å². The minimum absolute atomic E-state index is 0.405. The van der Waals surface area contributed by atoms with Gasteiger partial charge in [0.2, 0.25) is 9.04 Å². The zero-order valence-electron chi connectivity index (χ0n) is 8.97. The Kier molecular flexibility index (Phi) is 8.06. The topological polar surface area (TPSA) is 33.0 Å². The molecular weight excluding hydrogens is 178 g/mol. The summed E-state index contributed by atoms with van der Waals surface area (Å²) < 4.78 is 5.83. The predicted octanol–water partition coefficient (Wildman–Crippen LogP) is 3.12. The van der Waals surface area contributed by atoms with Crippen LogP contribution in [0.3, 0.4) is 0 Å². The molecule has 0 amide bonds. The first kappa shape index (κ1) is 12.7. The van der Waals surface area contributed by atoms with Crippen molar-refractivity contribution in [3.63, 3.8) is 0 Å². The molecule has 0 aromatic rings. The molecule has 0 aliphatic carbocycles. The quantitative estimate of drug-likeness (QED) is 0.465. The summed E-state index contributed by atoms with van der Waals surface area (Å²) in [4.78, 5) is 0. The van der Waals surface area contributed by atoms with Crippen LogP contribution in [0, 0.1) is 11.3 Å². The Bertz CT molecular complexity index is 153. The van der Waals surface area contributed by atoms with Crippen LogP contribution in [0.5, 0.6) is 0 Å². The van der Waals surface area contributed by atoms with E-state index >= 15 is 0 Å². The fourth-order valence-corrected chi connectivity index (χ4v) is 2.23. The molecule has 13 heavy (non-hydrogen) atoms. The minimum atomic E-state index is -0.575. The number of unbranched alkanes of at least 4 members (excludes halogenated alkanes) is 1. The summed E-state index contributed by atoms with van der Waals surface area (Å²) in [5, 5.41) is 8.41. The third-order valence-corrected chi connectivity index (χ3v) is 2.63. The van der Waals surface area contributed by atoms with Gasteiger partial charge in [-0.2, -0.15) is 5.26 Å². The standard InChI is InChI=1S/C10H20NOSi/c1-4-7-10(12-13(2)3)8-5-6-9-11/h10H,4-8H2,1-3H3. The van der Waals surface area contributed by atoms with Gasteiger partial charge in [0.1, 0.15) is 0 Å². The van der Waals surface area contributed by atoms with Crippen LogP contribution in [0.2, 0.25) is 13.1 Å². The van der Waals surface area contributed by atoms with E-state index in [9.17, 15) is 0 Å². The second-order valence-electron chi connectivity index (χ2n) is 3.49. The molecule has 0 aliphatic rings. The smallest absolute Gasteiger partial charge is 0.205 e. The molecule has 0 spiro atoms. The fraction of sp³-hybridized carbons (Fsp3) is 0.900. The fourth-order valence-electron chi connectivity index (χ4n) is 1.33. The Morgan fingerprint density at radius 1 is 1.38 bits per heavy atom. The monoisotopic (exact) mass is 198 g/mol. The summed E-state index contributed by atoms with van der Waals surface area (Å²) in [6, 6.07) is 2.17. The normalized spacial score (nSPS) is 12.8. The van der Waals surface area contributed by atoms with Gasteiger partial charge < -0.3 is 4.43 Å². The minimum Gasteiger partial charge on any atom is -0.414 e. The Balaban J connectivity index is 3.61. The van der Waals surface area contributed by atoms with Gasteiger partial charge in [0, 0.05) is 12.5 Å². The highest BCUT2D eigenvalue weighted by atomic mass is 28.3. The molecule has 0 rings (SSSR count). The highest BCUT2D eigenvalue weighted by Gasteiger charge is 2.10. The summed E-state index contributed by atoms with van der Waals surface area (Å²) in [5.41, 5.74) is 0. The number of hydrogen-bond donors (Lipinski definition) is 0. The molecule has 75 valence electrons. The zero-order chi connectivity index (χ0) is 10.1. The van der Waals surface area contributed by atoms with Crippen LogP contribution in [0.25, 0.3) is 0 Å². The Labute approximate surface area is 83.6 Å². The summed E-state index contributed by atoms with van der Waals surface area (Å²) >= 11 is 0. The van der Waals surface area contributed by atoms with E-state index in [0.29, 0.717) is 12.5 Å². The lowest BCUT2D eigenvalue weighted by molar-refractivity contribution is 0.179. The Hall–Kier alpha value is -0.333. The SMILES string of the molecule is CCCC(CCCC#N)O[Si](C)C. The zero-order valence-corrected chi connectivity index (χ0v) is 9.97. The number of nitrogens with zero attached hydrogens (tertiary/aromatic N) is 1. The van der Waals surface area contributed by atoms with E-state index in [1.807, 2.05) is 0 Å². The van der Waals surface area contributed by atoms with Gasteiger partial charge >= 0.3 is 0 Å². The number of nitriles is 1. The van der Waals surface area contributed by atoms with Crippen molar-refractivity contribution in [2.75, 3.05) is 0 Å². The molecule has 0 heterocycles. The molecule has 3 heteroatoms. The van der Waals surface area contributed by atoms with Gasteiger partial charge in [0.15, 0.2) is 0 Å². The largest absolute Gasteiger partial charge is 0.414 e.